The lowest BCUT2D eigenvalue weighted by Gasteiger charge is -2.33. The molecule has 1 aliphatic rings. The van der Waals surface area contributed by atoms with Gasteiger partial charge in [0, 0.05) is 32.2 Å². The monoisotopic (exact) mass is 464 g/mol. The summed E-state index contributed by atoms with van der Waals surface area (Å²) in [4.78, 5) is 20.5. The molecule has 176 valence electrons. The predicted octanol–water partition coefficient (Wildman–Crippen LogP) is 3.76. The number of piperidine rings is 1. The lowest BCUT2D eigenvalue weighted by molar-refractivity contribution is 0.498. The molecule has 0 unspecified atom stereocenters. The number of nitrogens with two attached hydrogens (primary N) is 1. The fourth-order valence-corrected chi connectivity index (χ4v) is 4.80. The number of allylic oxidation sites excluding steroid dienone is 1. The van der Waals surface area contributed by atoms with Gasteiger partial charge in [-0.05, 0) is 24.0 Å². The quantitative estimate of drug-likeness (QED) is 0.469. The van der Waals surface area contributed by atoms with Crippen LogP contribution in [0.5, 0.6) is 0 Å². The number of fused-ring (bicyclic) bond motifs is 1. The molecule has 7 heteroatoms. The second-order valence-electron chi connectivity index (χ2n) is 8.94. The van der Waals surface area contributed by atoms with Gasteiger partial charge in [0.05, 0.1) is 6.33 Å². The maximum absolute atomic E-state index is 13.7. The normalized spacial score (nSPS) is 16.1. The van der Waals surface area contributed by atoms with Crippen molar-refractivity contribution >= 4 is 22.9 Å². The average Bonchev–Trinajstić information content (AvgIpc) is 3.20. The van der Waals surface area contributed by atoms with Gasteiger partial charge in [-0.25, -0.2) is 4.98 Å². The van der Waals surface area contributed by atoms with Gasteiger partial charge in [-0.3, -0.25) is 9.36 Å². The van der Waals surface area contributed by atoms with E-state index in [1.165, 1.54) is 0 Å². The third-order valence-corrected chi connectivity index (χ3v) is 6.46. The number of nitrogens with zero attached hydrogens (tertiary/aromatic N) is 5. The molecule has 0 aliphatic carbocycles. The summed E-state index contributed by atoms with van der Waals surface area (Å²) in [5.41, 5.74) is 9.59. The maximum atomic E-state index is 13.7. The van der Waals surface area contributed by atoms with Crippen molar-refractivity contribution in [2.75, 3.05) is 18.0 Å². The van der Waals surface area contributed by atoms with Crippen molar-refractivity contribution in [2.45, 2.75) is 32.0 Å². The van der Waals surface area contributed by atoms with Gasteiger partial charge >= 0.3 is 0 Å². The summed E-state index contributed by atoms with van der Waals surface area (Å²) >= 11 is 0. The van der Waals surface area contributed by atoms with Crippen LogP contribution >= 0.6 is 0 Å². The minimum Gasteiger partial charge on any atom is -0.355 e. The first-order valence-electron chi connectivity index (χ1n) is 11.9. The third kappa shape index (κ3) is 4.61. The lowest BCUT2D eigenvalue weighted by atomic mass is 10.1. The second kappa shape index (κ2) is 10.00. The summed E-state index contributed by atoms with van der Waals surface area (Å²) in [7, 11) is 0. The molecule has 35 heavy (non-hydrogen) atoms. The van der Waals surface area contributed by atoms with E-state index in [0.29, 0.717) is 36.2 Å². The zero-order valence-electron chi connectivity index (χ0n) is 19.5. The summed E-state index contributed by atoms with van der Waals surface area (Å²) in [6.07, 6.45) is 7.38. The summed E-state index contributed by atoms with van der Waals surface area (Å²) in [5, 5.41) is 10.1. The Balaban J connectivity index is 1.63. The van der Waals surface area contributed by atoms with E-state index < -0.39 is 0 Å². The van der Waals surface area contributed by atoms with Crippen LogP contribution in [0.4, 0.5) is 5.82 Å². The van der Waals surface area contributed by atoms with Crippen molar-refractivity contribution in [3.8, 4) is 6.07 Å². The summed E-state index contributed by atoms with van der Waals surface area (Å²) < 4.78 is 3.56. The molecular weight excluding hydrogens is 436 g/mol. The van der Waals surface area contributed by atoms with E-state index in [1.54, 1.807) is 10.9 Å². The van der Waals surface area contributed by atoms with Crippen LogP contribution in [0.2, 0.25) is 0 Å². The SMILES string of the molecule is N#Cc1c(N2CCC[C@H](N)C2)n(Cc2ccccc2)c2c(=O)n(CC=Cc3ccccc3)cnc12. The first-order valence-corrected chi connectivity index (χ1v) is 11.9. The highest BCUT2D eigenvalue weighted by Crippen LogP contribution is 2.32. The number of rotatable bonds is 6. The lowest BCUT2D eigenvalue weighted by Crippen LogP contribution is -2.44. The molecule has 3 heterocycles. The fraction of sp³-hybridized carbons (Fsp3) is 0.250. The molecule has 2 aromatic carbocycles. The number of benzene rings is 2. The average molecular weight is 465 g/mol. The number of aromatic nitrogens is 3. The number of hydrogen-bond acceptors (Lipinski definition) is 5. The minimum atomic E-state index is -0.160. The van der Waals surface area contributed by atoms with E-state index in [9.17, 15) is 10.1 Å². The van der Waals surface area contributed by atoms with Crippen molar-refractivity contribution in [3.63, 3.8) is 0 Å². The van der Waals surface area contributed by atoms with E-state index in [1.807, 2.05) is 77.4 Å². The van der Waals surface area contributed by atoms with Gasteiger partial charge < -0.3 is 15.2 Å². The van der Waals surface area contributed by atoms with Crippen molar-refractivity contribution in [3.05, 3.63) is 100 Å². The Bertz CT molecular complexity index is 1450. The molecule has 2 aromatic heterocycles. The molecule has 1 fully saturated rings. The van der Waals surface area contributed by atoms with Crippen molar-refractivity contribution in [1.29, 1.82) is 5.26 Å². The zero-order chi connectivity index (χ0) is 24.2. The Hall–Kier alpha value is -4.15. The molecule has 0 bridgehead atoms. The van der Waals surface area contributed by atoms with Crippen LogP contribution in [-0.4, -0.2) is 33.2 Å². The van der Waals surface area contributed by atoms with Crippen molar-refractivity contribution in [1.82, 2.24) is 14.1 Å². The molecule has 4 aromatic rings. The number of hydrogen-bond donors (Lipinski definition) is 1. The molecule has 0 amide bonds. The van der Waals surface area contributed by atoms with Crippen LogP contribution in [0, 0.1) is 11.3 Å². The Morgan fingerprint density at radius 3 is 2.57 bits per heavy atom. The Labute approximate surface area is 204 Å². The number of anilines is 1. The summed E-state index contributed by atoms with van der Waals surface area (Å²) in [6.45, 7) is 2.30. The van der Waals surface area contributed by atoms with Gasteiger partial charge in [-0.15, -0.1) is 0 Å². The molecule has 7 nitrogen and oxygen atoms in total. The van der Waals surface area contributed by atoms with Gasteiger partial charge in [-0.2, -0.15) is 5.26 Å². The largest absolute Gasteiger partial charge is 0.355 e. The topological polar surface area (TPSA) is 92.9 Å². The highest BCUT2D eigenvalue weighted by molar-refractivity contribution is 5.89. The molecule has 0 radical (unpaired) electrons. The van der Waals surface area contributed by atoms with E-state index in [2.05, 4.69) is 16.0 Å². The van der Waals surface area contributed by atoms with Crippen LogP contribution < -0.4 is 16.2 Å². The first kappa shape index (κ1) is 22.6. The molecule has 2 N–H and O–H groups in total. The maximum Gasteiger partial charge on any atom is 0.278 e. The predicted molar refractivity (Wildman–Crippen MR) is 139 cm³/mol. The Morgan fingerprint density at radius 2 is 1.86 bits per heavy atom. The van der Waals surface area contributed by atoms with E-state index in [0.717, 1.165) is 36.3 Å². The van der Waals surface area contributed by atoms with Crippen molar-refractivity contribution < 1.29 is 0 Å². The molecular formula is C28H28N6O. The van der Waals surface area contributed by atoms with E-state index in [-0.39, 0.29) is 11.6 Å². The second-order valence-corrected chi connectivity index (χ2v) is 8.94. The van der Waals surface area contributed by atoms with Crippen molar-refractivity contribution in [2.24, 2.45) is 5.73 Å². The van der Waals surface area contributed by atoms with Crippen LogP contribution in [0.15, 0.2) is 77.9 Å². The van der Waals surface area contributed by atoms with Gasteiger partial charge in [0.1, 0.15) is 28.5 Å². The molecule has 1 atom stereocenters. The van der Waals surface area contributed by atoms with E-state index in [4.69, 9.17) is 5.73 Å². The molecule has 0 saturated carbocycles. The third-order valence-electron chi connectivity index (χ3n) is 6.46. The van der Waals surface area contributed by atoms with E-state index >= 15 is 0 Å². The molecule has 5 rings (SSSR count). The highest BCUT2D eigenvalue weighted by atomic mass is 16.1. The minimum absolute atomic E-state index is 0.0335. The molecule has 1 saturated heterocycles. The van der Waals surface area contributed by atoms with Gasteiger partial charge in [0.15, 0.2) is 0 Å². The smallest absolute Gasteiger partial charge is 0.278 e. The van der Waals surface area contributed by atoms with Gasteiger partial charge in [0.2, 0.25) is 0 Å². The molecule has 1 aliphatic heterocycles. The summed E-state index contributed by atoms with van der Waals surface area (Å²) in [5.74, 6) is 0.740. The fourth-order valence-electron chi connectivity index (χ4n) is 4.80. The van der Waals surface area contributed by atoms with Crippen LogP contribution in [0.3, 0.4) is 0 Å². The van der Waals surface area contributed by atoms with Crippen LogP contribution in [0.25, 0.3) is 17.1 Å². The zero-order valence-corrected chi connectivity index (χ0v) is 19.5. The first-order chi connectivity index (χ1) is 17.2. The van der Waals surface area contributed by atoms with Crippen LogP contribution in [0.1, 0.15) is 29.5 Å². The Kier molecular flexibility index (Phi) is 6.47. The highest BCUT2D eigenvalue weighted by Gasteiger charge is 2.28. The number of nitriles is 1. The molecule has 0 spiro atoms. The Morgan fingerprint density at radius 1 is 1.11 bits per heavy atom. The summed E-state index contributed by atoms with van der Waals surface area (Å²) in [6, 6.07) is 22.3. The standard InChI is InChI=1S/C28H28N6O/c29-17-24-25-26(28(35)33(20-31-25)16-7-13-21-9-3-1-4-10-21)34(18-22-11-5-2-6-12-22)27(24)32-15-8-14-23(30)19-32/h1-7,9-13,20,23H,8,14-16,18-19,30H2/t23-/m0/s1. The van der Waals surface area contributed by atoms with Gasteiger partial charge in [-0.1, -0.05) is 72.8 Å². The van der Waals surface area contributed by atoms with Gasteiger partial charge in [0.25, 0.3) is 5.56 Å². The van der Waals surface area contributed by atoms with Crippen LogP contribution in [-0.2, 0) is 13.1 Å².